The van der Waals surface area contributed by atoms with Crippen LogP contribution in [0.3, 0.4) is 0 Å². The molecule has 1 aromatic heterocycles. The summed E-state index contributed by atoms with van der Waals surface area (Å²) in [5.74, 6) is 1.38. The van der Waals surface area contributed by atoms with Gasteiger partial charge in [0.1, 0.15) is 0 Å². The first-order chi connectivity index (χ1) is 7.03. The molecule has 1 saturated carbocycles. The van der Waals surface area contributed by atoms with Gasteiger partial charge in [-0.25, -0.2) is 0 Å². The smallest absolute Gasteiger partial charge is 0.0993 e. The van der Waals surface area contributed by atoms with Crippen LogP contribution >= 0.6 is 11.3 Å². The molecule has 1 aromatic rings. The van der Waals surface area contributed by atoms with E-state index in [0.717, 1.165) is 25.2 Å². The second-order valence-corrected chi connectivity index (χ2v) is 6.08. The lowest BCUT2D eigenvalue weighted by molar-refractivity contribution is -0.0310. The van der Waals surface area contributed by atoms with E-state index >= 15 is 0 Å². The summed E-state index contributed by atoms with van der Waals surface area (Å²) < 4.78 is 0. The second kappa shape index (κ2) is 3.91. The van der Waals surface area contributed by atoms with Crippen LogP contribution < -0.4 is 0 Å². The average molecular weight is 224 g/mol. The monoisotopic (exact) mass is 224 g/mol. The van der Waals surface area contributed by atoms with Gasteiger partial charge in [-0.15, -0.1) is 11.3 Å². The molecule has 1 heterocycles. The third-order valence-corrected chi connectivity index (χ3v) is 5.14. The van der Waals surface area contributed by atoms with Crippen LogP contribution in [0, 0.1) is 18.8 Å². The molecule has 1 aliphatic carbocycles. The summed E-state index contributed by atoms with van der Waals surface area (Å²) in [6.45, 7) is 6.66. The van der Waals surface area contributed by atoms with Gasteiger partial charge in [0.25, 0.3) is 0 Å². The van der Waals surface area contributed by atoms with E-state index in [1.165, 1.54) is 10.4 Å². The van der Waals surface area contributed by atoms with E-state index in [1.807, 2.05) is 0 Å². The van der Waals surface area contributed by atoms with Crippen LogP contribution in [0.1, 0.15) is 43.6 Å². The first-order valence-corrected chi connectivity index (χ1v) is 6.68. The van der Waals surface area contributed by atoms with Crippen LogP contribution in [-0.2, 0) is 5.60 Å². The van der Waals surface area contributed by atoms with E-state index in [9.17, 15) is 5.11 Å². The van der Waals surface area contributed by atoms with Gasteiger partial charge in [0, 0.05) is 4.88 Å². The Morgan fingerprint density at radius 2 is 2.13 bits per heavy atom. The molecular weight excluding hydrogens is 204 g/mol. The van der Waals surface area contributed by atoms with Crippen LogP contribution in [-0.4, -0.2) is 5.11 Å². The summed E-state index contributed by atoms with van der Waals surface area (Å²) in [6, 6.07) is 2.11. The van der Waals surface area contributed by atoms with Crippen LogP contribution in [0.5, 0.6) is 0 Å². The molecule has 0 aromatic carbocycles. The van der Waals surface area contributed by atoms with Crippen molar-refractivity contribution >= 4 is 11.3 Å². The van der Waals surface area contributed by atoms with Gasteiger partial charge in [-0.3, -0.25) is 0 Å². The van der Waals surface area contributed by atoms with Crippen molar-refractivity contribution in [2.75, 3.05) is 0 Å². The Balaban J connectivity index is 2.25. The largest absolute Gasteiger partial charge is 0.384 e. The Kier molecular flexibility index (Phi) is 2.91. The number of thiophene rings is 1. The molecule has 1 aliphatic rings. The molecule has 1 fully saturated rings. The highest BCUT2D eigenvalue weighted by Gasteiger charge is 2.38. The summed E-state index contributed by atoms with van der Waals surface area (Å²) in [5.41, 5.74) is 0.716. The predicted molar refractivity (Wildman–Crippen MR) is 65.1 cm³/mol. The van der Waals surface area contributed by atoms with Crippen LogP contribution in [0.15, 0.2) is 11.4 Å². The molecule has 0 aliphatic heterocycles. The summed E-state index contributed by atoms with van der Waals surface area (Å²) in [6.07, 6.45) is 3.00. The van der Waals surface area contributed by atoms with Gasteiger partial charge in [-0.2, -0.15) is 0 Å². The molecule has 2 heteroatoms. The fourth-order valence-corrected chi connectivity index (χ4v) is 3.71. The molecule has 1 nitrogen and oxygen atoms in total. The highest BCUT2D eigenvalue weighted by molar-refractivity contribution is 7.10. The lowest BCUT2D eigenvalue weighted by Crippen LogP contribution is -2.35. The zero-order valence-corrected chi connectivity index (χ0v) is 10.6. The molecule has 0 saturated heterocycles. The molecule has 15 heavy (non-hydrogen) atoms. The zero-order chi connectivity index (χ0) is 11.1. The fourth-order valence-electron chi connectivity index (χ4n) is 2.64. The molecule has 2 rings (SSSR count). The summed E-state index contributed by atoms with van der Waals surface area (Å²) >= 11 is 1.71. The molecule has 0 bridgehead atoms. The second-order valence-electron chi connectivity index (χ2n) is 5.16. The maximum atomic E-state index is 10.7. The Hall–Kier alpha value is -0.340. The number of rotatable bonds is 1. The highest BCUT2D eigenvalue weighted by Crippen LogP contribution is 2.45. The van der Waals surface area contributed by atoms with Crippen molar-refractivity contribution in [2.24, 2.45) is 11.8 Å². The Bertz CT molecular complexity index is 344. The molecule has 0 amide bonds. The molecule has 1 N–H and O–H groups in total. The van der Waals surface area contributed by atoms with Crippen molar-refractivity contribution in [1.29, 1.82) is 0 Å². The van der Waals surface area contributed by atoms with Gasteiger partial charge in [0.2, 0.25) is 0 Å². The van der Waals surface area contributed by atoms with E-state index in [1.54, 1.807) is 11.3 Å². The maximum absolute atomic E-state index is 10.7. The third kappa shape index (κ3) is 1.98. The Morgan fingerprint density at radius 3 is 2.67 bits per heavy atom. The number of hydrogen-bond donors (Lipinski definition) is 1. The van der Waals surface area contributed by atoms with Crippen molar-refractivity contribution in [1.82, 2.24) is 0 Å². The van der Waals surface area contributed by atoms with E-state index in [0.29, 0.717) is 5.92 Å². The number of aryl methyl sites for hydroxylation is 1. The van der Waals surface area contributed by atoms with Gasteiger partial charge in [0.05, 0.1) is 5.60 Å². The number of aliphatic hydroxyl groups is 1. The predicted octanol–water partition coefficient (Wildman–Crippen LogP) is 3.70. The average Bonchev–Trinajstić information content (AvgIpc) is 2.59. The quantitative estimate of drug-likeness (QED) is 0.771. The van der Waals surface area contributed by atoms with E-state index in [-0.39, 0.29) is 0 Å². The van der Waals surface area contributed by atoms with E-state index in [4.69, 9.17) is 0 Å². The summed E-state index contributed by atoms with van der Waals surface area (Å²) in [5, 5.41) is 12.8. The fraction of sp³-hybridized carbons (Fsp3) is 0.692. The van der Waals surface area contributed by atoms with E-state index in [2.05, 4.69) is 32.2 Å². The SMILES string of the molecule is Cc1ccsc1C1(O)CCC(C)C(C)C1. The minimum Gasteiger partial charge on any atom is -0.384 e. The van der Waals surface area contributed by atoms with Gasteiger partial charge in [0.15, 0.2) is 0 Å². The van der Waals surface area contributed by atoms with Crippen molar-refractivity contribution in [2.45, 2.75) is 45.6 Å². The van der Waals surface area contributed by atoms with Crippen molar-refractivity contribution in [3.05, 3.63) is 21.9 Å². The van der Waals surface area contributed by atoms with Crippen molar-refractivity contribution < 1.29 is 5.11 Å². The standard InChI is InChI=1S/C13H20OS/c1-9-4-6-13(14,8-11(9)3)12-10(2)5-7-15-12/h5,7,9,11,14H,4,6,8H2,1-3H3. The normalized spacial score (nSPS) is 36.8. The van der Waals surface area contributed by atoms with Gasteiger partial charge in [-0.05, 0) is 55.0 Å². The third-order valence-electron chi connectivity index (χ3n) is 3.93. The lowest BCUT2D eigenvalue weighted by atomic mass is 9.72. The first kappa shape index (κ1) is 11.2. The lowest BCUT2D eigenvalue weighted by Gasteiger charge is -2.39. The van der Waals surface area contributed by atoms with Crippen molar-refractivity contribution in [3.63, 3.8) is 0 Å². The van der Waals surface area contributed by atoms with Gasteiger partial charge in [-0.1, -0.05) is 13.8 Å². The molecule has 0 radical (unpaired) electrons. The molecule has 3 unspecified atom stereocenters. The Morgan fingerprint density at radius 1 is 1.40 bits per heavy atom. The molecule has 3 atom stereocenters. The van der Waals surface area contributed by atoms with Crippen LogP contribution in [0.4, 0.5) is 0 Å². The van der Waals surface area contributed by atoms with Gasteiger partial charge < -0.3 is 5.11 Å². The van der Waals surface area contributed by atoms with Crippen LogP contribution in [0.25, 0.3) is 0 Å². The highest BCUT2D eigenvalue weighted by atomic mass is 32.1. The summed E-state index contributed by atoms with van der Waals surface area (Å²) in [7, 11) is 0. The molecular formula is C13H20OS. The minimum atomic E-state index is -0.538. The zero-order valence-electron chi connectivity index (χ0n) is 9.79. The topological polar surface area (TPSA) is 20.2 Å². The Labute approximate surface area is 96.1 Å². The van der Waals surface area contributed by atoms with Crippen LogP contribution in [0.2, 0.25) is 0 Å². The maximum Gasteiger partial charge on any atom is 0.0993 e. The number of hydrogen-bond acceptors (Lipinski definition) is 2. The van der Waals surface area contributed by atoms with E-state index < -0.39 is 5.60 Å². The molecule has 84 valence electrons. The summed E-state index contributed by atoms with van der Waals surface area (Å²) in [4.78, 5) is 1.20. The van der Waals surface area contributed by atoms with Gasteiger partial charge >= 0.3 is 0 Å². The van der Waals surface area contributed by atoms with Crippen molar-refractivity contribution in [3.8, 4) is 0 Å². The molecule has 0 spiro atoms. The minimum absolute atomic E-state index is 0.538. The first-order valence-electron chi connectivity index (χ1n) is 5.80.